The molecule has 0 aliphatic carbocycles. The Hall–Kier alpha value is -2.97. The van der Waals surface area contributed by atoms with Gasteiger partial charge >= 0.3 is 0 Å². The lowest BCUT2D eigenvalue weighted by atomic mass is 10.2. The number of nitrogens with zero attached hydrogens (tertiary/aromatic N) is 4. The number of rotatable bonds is 5. The van der Waals surface area contributed by atoms with Gasteiger partial charge in [-0.3, -0.25) is 14.7 Å². The molecule has 1 fully saturated rings. The van der Waals surface area contributed by atoms with Gasteiger partial charge in [0.2, 0.25) is 0 Å². The number of carbonyl (C=O) groups excluding carboxylic acids is 1. The smallest absolute Gasteiger partial charge is 0.267 e. The predicted molar refractivity (Wildman–Crippen MR) is 118 cm³/mol. The summed E-state index contributed by atoms with van der Waals surface area (Å²) >= 11 is 4.74. The fourth-order valence-electron chi connectivity index (χ4n) is 2.63. The number of amidine groups is 1. The minimum atomic E-state index is -0.137. The number of amides is 1. The van der Waals surface area contributed by atoms with Gasteiger partial charge in [-0.25, -0.2) is 0 Å². The Balaban J connectivity index is 1.62. The molecule has 2 aromatic heterocycles. The molecule has 0 radical (unpaired) electrons. The maximum absolute atomic E-state index is 13.0. The first-order chi connectivity index (χ1) is 14.2. The van der Waals surface area contributed by atoms with Crippen LogP contribution in [-0.4, -0.2) is 27.2 Å². The van der Waals surface area contributed by atoms with Crippen LogP contribution in [0.2, 0.25) is 0 Å². The fourth-order valence-corrected chi connectivity index (χ4v) is 3.98. The average molecular weight is 467 g/mol. The second-order valence-corrected chi connectivity index (χ2v) is 7.97. The number of furan rings is 1. The van der Waals surface area contributed by atoms with E-state index in [0.717, 1.165) is 15.6 Å². The van der Waals surface area contributed by atoms with Gasteiger partial charge in [0.05, 0.1) is 23.9 Å². The van der Waals surface area contributed by atoms with E-state index in [0.29, 0.717) is 15.8 Å². The zero-order chi connectivity index (χ0) is 20.1. The maximum Gasteiger partial charge on any atom is 0.267 e. The van der Waals surface area contributed by atoms with Crippen molar-refractivity contribution >= 4 is 51.1 Å². The molecular formula is C21H15BrN4O2S. The largest absolute Gasteiger partial charge is 0.467 e. The van der Waals surface area contributed by atoms with Crippen molar-refractivity contribution in [2.75, 3.05) is 0 Å². The van der Waals surface area contributed by atoms with Gasteiger partial charge in [0, 0.05) is 22.4 Å². The highest BCUT2D eigenvalue weighted by Crippen LogP contribution is 2.34. The van der Waals surface area contributed by atoms with E-state index in [-0.39, 0.29) is 12.5 Å². The number of hydrogen-bond acceptors (Lipinski definition) is 6. The molecule has 144 valence electrons. The van der Waals surface area contributed by atoms with Crippen LogP contribution in [0.3, 0.4) is 0 Å². The van der Waals surface area contributed by atoms with Crippen LogP contribution < -0.4 is 0 Å². The number of pyridine rings is 1. The molecule has 0 atom stereocenters. The van der Waals surface area contributed by atoms with Crippen molar-refractivity contribution in [1.82, 2.24) is 9.88 Å². The third-order valence-electron chi connectivity index (χ3n) is 3.96. The van der Waals surface area contributed by atoms with Crippen LogP contribution in [0.25, 0.3) is 6.08 Å². The van der Waals surface area contributed by atoms with Crippen LogP contribution in [0, 0.1) is 0 Å². The summed E-state index contributed by atoms with van der Waals surface area (Å²) in [6.45, 7) is 0.288. The maximum atomic E-state index is 13.0. The van der Waals surface area contributed by atoms with Crippen molar-refractivity contribution in [3.8, 4) is 0 Å². The van der Waals surface area contributed by atoms with Crippen LogP contribution in [0.15, 0.2) is 91.2 Å². The minimum absolute atomic E-state index is 0.137. The Kier molecular flexibility index (Phi) is 6.02. The number of hydrogen-bond donors (Lipinski definition) is 0. The Labute approximate surface area is 180 Å². The number of halogens is 1. The highest BCUT2D eigenvalue weighted by atomic mass is 79.9. The summed E-state index contributed by atoms with van der Waals surface area (Å²) in [7, 11) is 0. The summed E-state index contributed by atoms with van der Waals surface area (Å²) in [5.41, 5.74) is 1.75. The van der Waals surface area contributed by atoms with Crippen molar-refractivity contribution in [2.45, 2.75) is 6.54 Å². The van der Waals surface area contributed by atoms with Gasteiger partial charge in [-0.2, -0.15) is 5.10 Å². The first-order valence-corrected chi connectivity index (χ1v) is 10.3. The van der Waals surface area contributed by atoms with Gasteiger partial charge in [-0.1, -0.05) is 34.1 Å². The molecule has 6 nitrogen and oxygen atoms in total. The molecule has 0 unspecified atom stereocenters. The van der Waals surface area contributed by atoms with E-state index in [9.17, 15) is 4.79 Å². The lowest BCUT2D eigenvalue weighted by Gasteiger charge is -2.12. The van der Waals surface area contributed by atoms with E-state index in [1.54, 1.807) is 35.8 Å². The van der Waals surface area contributed by atoms with Gasteiger partial charge in [-0.15, -0.1) is 5.10 Å². The summed E-state index contributed by atoms with van der Waals surface area (Å²) in [4.78, 5) is 19.2. The first-order valence-electron chi connectivity index (χ1n) is 8.69. The molecular weight excluding hydrogens is 452 g/mol. The highest BCUT2D eigenvalue weighted by Gasteiger charge is 2.34. The quantitative estimate of drug-likeness (QED) is 0.303. The molecule has 0 bridgehead atoms. The summed E-state index contributed by atoms with van der Waals surface area (Å²) < 4.78 is 6.35. The van der Waals surface area contributed by atoms with Crippen LogP contribution >= 0.6 is 27.7 Å². The van der Waals surface area contributed by atoms with Crippen LogP contribution in [0.4, 0.5) is 0 Å². The summed E-state index contributed by atoms with van der Waals surface area (Å²) in [5.74, 6) is 0.535. The van der Waals surface area contributed by atoms with Crippen molar-refractivity contribution in [2.24, 2.45) is 10.2 Å². The average Bonchev–Trinajstić information content (AvgIpc) is 3.33. The Morgan fingerprint density at radius 2 is 2.07 bits per heavy atom. The number of carbonyl (C=O) groups is 1. The zero-order valence-electron chi connectivity index (χ0n) is 15.1. The monoisotopic (exact) mass is 466 g/mol. The normalized spacial score (nSPS) is 17.1. The van der Waals surface area contributed by atoms with E-state index in [1.165, 1.54) is 11.8 Å². The van der Waals surface area contributed by atoms with Gasteiger partial charge in [0.1, 0.15) is 5.76 Å². The van der Waals surface area contributed by atoms with Gasteiger partial charge in [0.25, 0.3) is 5.91 Å². The molecule has 3 heterocycles. The van der Waals surface area contributed by atoms with Crippen molar-refractivity contribution in [3.05, 3.63) is 93.5 Å². The van der Waals surface area contributed by atoms with Crippen LogP contribution in [0.5, 0.6) is 0 Å². The third kappa shape index (κ3) is 4.90. The Morgan fingerprint density at radius 1 is 1.17 bits per heavy atom. The Bertz CT molecular complexity index is 1090. The van der Waals surface area contributed by atoms with E-state index in [4.69, 9.17) is 4.42 Å². The Morgan fingerprint density at radius 3 is 2.83 bits per heavy atom. The standard InChI is InChI=1S/C21H15BrN4O2S/c22-17-6-1-4-15(10-17)11-19-20(27)26(14-18-7-3-9-28-18)21(29-19)25-24-13-16-5-2-8-23-12-16/h1-13H,14H2/b19-11-,24-13-,25-21+. The van der Waals surface area contributed by atoms with Crippen molar-refractivity contribution < 1.29 is 9.21 Å². The molecule has 1 aliphatic rings. The number of aromatic nitrogens is 1. The molecule has 1 saturated heterocycles. The van der Waals surface area contributed by atoms with E-state index < -0.39 is 0 Å². The van der Waals surface area contributed by atoms with E-state index in [1.807, 2.05) is 48.5 Å². The molecule has 4 rings (SSSR count). The molecule has 1 aromatic carbocycles. The molecule has 3 aromatic rings. The highest BCUT2D eigenvalue weighted by molar-refractivity contribution is 9.10. The van der Waals surface area contributed by atoms with Gasteiger partial charge in [-0.05, 0) is 53.7 Å². The van der Waals surface area contributed by atoms with Crippen LogP contribution in [-0.2, 0) is 11.3 Å². The molecule has 1 amide bonds. The molecule has 0 spiro atoms. The molecule has 0 saturated carbocycles. The number of thioether (sulfide) groups is 1. The third-order valence-corrected chi connectivity index (χ3v) is 5.45. The molecule has 0 N–H and O–H groups in total. The lowest BCUT2D eigenvalue weighted by molar-refractivity contribution is -0.122. The molecule has 8 heteroatoms. The zero-order valence-corrected chi connectivity index (χ0v) is 17.5. The first kappa shape index (κ1) is 19.4. The molecule has 29 heavy (non-hydrogen) atoms. The van der Waals surface area contributed by atoms with Gasteiger partial charge < -0.3 is 4.42 Å². The minimum Gasteiger partial charge on any atom is -0.467 e. The predicted octanol–water partition coefficient (Wildman–Crippen LogP) is 4.94. The fraction of sp³-hybridized carbons (Fsp3) is 0.0476. The van der Waals surface area contributed by atoms with Crippen LogP contribution in [0.1, 0.15) is 16.9 Å². The van der Waals surface area contributed by atoms with Crippen molar-refractivity contribution in [1.29, 1.82) is 0 Å². The lowest BCUT2D eigenvalue weighted by Crippen LogP contribution is -2.28. The topological polar surface area (TPSA) is 71.1 Å². The van der Waals surface area contributed by atoms with Gasteiger partial charge in [0.15, 0.2) is 5.17 Å². The van der Waals surface area contributed by atoms with E-state index >= 15 is 0 Å². The second kappa shape index (κ2) is 9.02. The number of benzene rings is 1. The summed E-state index contributed by atoms with van der Waals surface area (Å²) in [6.07, 6.45) is 8.42. The summed E-state index contributed by atoms with van der Waals surface area (Å²) in [5, 5.41) is 8.90. The molecule has 1 aliphatic heterocycles. The van der Waals surface area contributed by atoms with E-state index in [2.05, 4.69) is 31.1 Å². The second-order valence-electron chi connectivity index (χ2n) is 6.05. The SMILES string of the molecule is O=C1/C(=C/c2cccc(Br)c2)S/C(=N/N=C\c2cccnc2)N1Cc1ccco1. The van der Waals surface area contributed by atoms with Crippen molar-refractivity contribution in [3.63, 3.8) is 0 Å². The summed E-state index contributed by atoms with van der Waals surface area (Å²) in [6, 6.07) is 15.1.